The van der Waals surface area contributed by atoms with Gasteiger partial charge >= 0.3 is 0 Å². The van der Waals surface area contributed by atoms with E-state index in [-0.39, 0.29) is 0 Å². The molecule has 0 amide bonds. The van der Waals surface area contributed by atoms with E-state index in [1.165, 1.54) is 16.6 Å². The molecule has 0 unspecified atom stereocenters. The fourth-order valence-electron chi connectivity index (χ4n) is 5.59. The average molecular weight is 485 g/mol. The fraction of sp³-hybridized carbons (Fsp3) is 0.448. The number of ether oxygens (including phenoxy) is 1. The number of benzene rings is 2. The first-order chi connectivity index (χ1) is 17.7. The van der Waals surface area contributed by atoms with E-state index in [1.54, 1.807) is 0 Å². The molecule has 0 bridgehead atoms. The van der Waals surface area contributed by atoms with Gasteiger partial charge in [-0.05, 0) is 38.6 Å². The van der Waals surface area contributed by atoms with Crippen molar-refractivity contribution in [3.05, 3.63) is 54.4 Å². The molecular weight excluding hydrogens is 448 g/mol. The number of nitrogens with zero attached hydrogens (tertiary/aromatic N) is 6. The van der Waals surface area contributed by atoms with Crippen LogP contribution in [0.3, 0.4) is 0 Å². The van der Waals surface area contributed by atoms with Crippen LogP contribution in [0.15, 0.2) is 48.5 Å². The van der Waals surface area contributed by atoms with E-state index < -0.39 is 0 Å². The molecule has 2 saturated heterocycles. The summed E-state index contributed by atoms with van der Waals surface area (Å²) in [6, 6.07) is 17.4. The first kappa shape index (κ1) is 23.4. The predicted molar refractivity (Wildman–Crippen MR) is 147 cm³/mol. The average Bonchev–Trinajstić information content (AvgIpc) is 3.25. The summed E-state index contributed by atoms with van der Waals surface area (Å²) < 4.78 is 7.91. The van der Waals surface area contributed by atoms with Gasteiger partial charge < -0.3 is 19.1 Å². The lowest BCUT2D eigenvalue weighted by Gasteiger charge is -2.34. The number of piperazine rings is 1. The number of aryl methyl sites for hydroxylation is 2. The zero-order valence-corrected chi connectivity index (χ0v) is 21.5. The maximum Gasteiger partial charge on any atom is 0.116 e. The first-order valence-corrected chi connectivity index (χ1v) is 13.3. The molecule has 4 aromatic rings. The normalized spacial score (nSPS) is 17.9. The highest BCUT2D eigenvalue weighted by Gasteiger charge is 2.19. The van der Waals surface area contributed by atoms with Crippen LogP contribution in [0.2, 0.25) is 0 Å². The Morgan fingerprint density at radius 1 is 0.833 bits per heavy atom. The van der Waals surface area contributed by atoms with Gasteiger partial charge in [0, 0.05) is 69.0 Å². The molecule has 0 saturated carbocycles. The van der Waals surface area contributed by atoms with Crippen molar-refractivity contribution in [2.24, 2.45) is 0 Å². The molecule has 2 aliphatic rings. The number of anilines is 1. The second-order valence-corrected chi connectivity index (χ2v) is 10.1. The monoisotopic (exact) mass is 484 g/mol. The molecule has 188 valence electrons. The molecule has 0 aliphatic carbocycles. The van der Waals surface area contributed by atoms with Crippen LogP contribution in [0.1, 0.15) is 12.2 Å². The number of morpholine rings is 1. The van der Waals surface area contributed by atoms with Crippen molar-refractivity contribution in [3.8, 4) is 11.3 Å². The minimum atomic E-state index is 0.848. The van der Waals surface area contributed by atoms with Crippen LogP contribution in [-0.4, -0.2) is 90.4 Å². The highest BCUT2D eigenvalue weighted by molar-refractivity contribution is 6.07. The molecule has 7 heteroatoms. The van der Waals surface area contributed by atoms with Crippen molar-refractivity contribution in [2.45, 2.75) is 19.9 Å². The number of likely N-dealkylation sites (N-methyl/N-ethyl adjacent to an activating group) is 1. The van der Waals surface area contributed by atoms with Gasteiger partial charge in [0.15, 0.2) is 0 Å². The molecule has 7 nitrogen and oxygen atoms in total. The molecule has 0 N–H and O–H groups in total. The van der Waals surface area contributed by atoms with E-state index in [9.17, 15) is 0 Å². The third kappa shape index (κ3) is 4.59. The van der Waals surface area contributed by atoms with Gasteiger partial charge in [0.05, 0.1) is 29.9 Å². The smallest absolute Gasteiger partial charge is 0.116 e. The van der Waals surface area contributed by atoms with E-state index >= 15 is 0 Å². The summed E-state index contributed by atoms with van der Waals surface area (Å²) in [6.45, 7) is 12.3. The van der Waals surface area contributed by atoms with Crippen molar-refractivity contribution in [3.63, 3.8) is 0 Å². The number of fused-ring (bicyclic) bond motifs is 3. The third-order valence-corrected chi connectivity index (χ3v) is 7.74. The number of hydrogen-bond donors (Lipinski definition) is 0. The van der Waals surface area contributed by atoms with E-state index in [0.717, 1.165) is 100 Å². The number of pyridine rings is 1. The third-order valence-electron chi connectivity index (χ3n) is 7.74. The van der Waals surface area contributed by atoms with Crippen molar-refractivity contribution < 1.29 is 4.74 Å². The van der Waals surface area contributed by atoms with Gasteiger partial charge in [-0.3, -0.25) is 4.90 Å². The summed E-state index contributed by atoms with van der Waals surface area (Å²) >= 11 is 0. The Labute approximate surface area is 213 Å². The van der Waals surface area contributed by atoms with Gasteiger partial charge in [-0.15, -0.1) is 0 Å². The lowest BCUT2D eigenvalue weighted by molar-refractivity contribution is 0.0369. The number of para-hydroxylation sites is 1. The van der Waals surface area contributed by atoms with E-state index in [2.05, 4.69) is 81.8 Å². The minimum Gasteiger partial charge on any atom is -0.379 e. The molecule has 2 fully saturated rings. The van der Waals surface area contributed by atoms with Gasteiger partial charge in [0.2, 0.25) is 0 Å². The summed E-state index contributed by atoms with van der Waals surface area (Å²) in [7, 11) is 2.20. The molecule has 2 aromatic carbocycles. The molecule has 36 heavy (non-hydrogen) atoms. The Kier molecular flexibility index (Phi) is 6.61. The largest absolute Gasteiger partial charge is 0.379 e. The second kappa shape index (κ2) is 10.2. The quantitative estimate of drug-likeness (QED) is 0.412. The van der Waals surface area contributed by atoms with Crippen LogP contribution >= 0.6 is 0 Å². The van der Waals surface area contributed by atoms with Crippen LogP contribution in [0.4, 0.5) is 5.69 Å². The first-order valence-electron chi connectivity index (χ1n) is 13.3. The Balaban J connectivity index is 1.34. The fourth-order valence-corrected chi connectivity index (χ4v) is 5.59. The van der Waals surface area contributed by atoms with Crippen LogP contribution in [0.5, 0.6) is 0 Å². The zero-order chi connectivity index (χ0) is 24.5. The van der Waals surface area contributed by atoms with Gasteiger partial charge in [-0.1, -0.05) is 30.3 Å². The summed E-state index contributed by atoms with van der Waals surface area (Å²) in [5, 5.41) is 1.18. The van der Waals surface area contributed by atoms with Gasteiger partial charge in [0.25, 0.3) is 0 Å². The van der Waals surface area contributed by atoms with Crippen molar-refractivity contribution in [2.75, 3.05) is 71.0 Å². The number of hydrogen-bond acceptors (Lipinski definition) is 6. The van der Waals surface area contributed by atoms with Crippen molar-refractivity contribution >= 4 is 27.6 Å². The predicted octanol–water partition coefficient (Wildman–Crippen LogP) is 4.03. The highest BCUT2D eigenvalue weighted by atomic mass is 16.5. The highest BCUT2D eigenvalue weighted by Crippen LogP contribution is 2.34. The Morgan fingerprint density at radius 2 is 1.58 bits per heavy atom. The van der Waals surface area contributed by atoms with Crippen LogP contribution in [0, 0.1) is 6.92 Å². The number of imidazole rings is 1. The van der Waals surface area contributed by atoms with Crippen molar-refractivity contribution in [1.29, 1.82) is 0 Å². The minimum absolute atomic E-state index is 0.848. The standard InChI is InChI=1S/C29H36N6O/c1-22-30-28-27(23-8-10-24(11-9-23)34-16-14-32(2)15-17-34)31-26-7-4-3-6-25(26)29(28)35(22)13-5-12-33-18-20-36-21-19-33/h3-4,6-11H,5,12-21H2,1-2H3. The van der Waals surface area contributed by atoms with Crippen LogP contribution in [0.25, 0.3) is 33.2 Å². The zero-order valence-electron chi connectivity index (χ0n) is 21.5. The topological polar surface area (TPSA) is 49.7 Å². The molecule has 0 radical (unpaired) electrons. The van der Waals surface area contributed by atoms with Crippen molar-refractivity contribution in [1.82, 2.24) is 24.3 Å². The Hall–Kier alpha value is -3.00. The molecular formula is C29H36N6O. The summed E-state index contributed by atoms with van der Waals surface area (Å²) in [4.78, 5) is 17.6. The van der Waals surface area contributed by atoms with Gasteiger partial charge in [-0.25, -0.2) is 9.97 Å². The molecule has 6 rings (SSSR count). The number of aromatic nitrogens is 3. The maximum absolute atomic E-state index is 5.51. The van der Waals surface area contributed by atoms with E-state index in [0.29, 0.717) is 0 Å². The van der Waals surface area contributed by atoms with Crippen LogP contribution < -0.4 is 4.90 Å². The van der Waals surface area contributed by atoms with E-state index in [1.807, 2.05) is 0 Å². The Morgan fingerprint density at radius 3 is 2.36 bits per heavy atom. The van der Waals surface area contributed by atoms with E-state index in [4.69, 9.17) is 14.7 Å². The summed E-state index contributed by atoms with van der Waals surface area (Å²) in [6.07, 6.45) is 1.10. The molecule has 0 spiro atoms. The molecule has 2 aliphatic heterocycles. The SMILES string of the molecule is Cc1nc2c(-c3ccc(N4CCN(C)CC4)cc3)nc3ccccc3c2n1CCCN1CCOCC1. The lowest BCUT2D eigenvalue weighted by atomic mass is 10.1. The maximum atomic E-state index is 5.51. The molecule has 4 heterocycles. The Bertz CT molecular complexity index is 1330. The summed E-state index contributed by atoms with van der Waals surface area (Å²) in [5.41, 5.74) is 6.62. The molecule has 2 aromatic heterocycles. The summed E-state index contributed by atoms with van der Waals surface area (Å²) in [5.74, 6) is 1.06. The van der Waals surface area contributed by atoms with Crippen LogP contribution in [-0.2, 0) is 11.3 Å². The lowest BCUT2D eigenvalue weighted by Crippen LogP contribution is -2.44. The number of rotatable bonds is 6. The second-order valence-electron chi connectivity index (χ2n) is 10.1. The van der Waals surface area contributed by atoms with Gasteiger partial charge in [0.1, 0.15) is 11.3 Å². The molecule has 0 atom stereocenters. The van der Waals surface area contributed by atoms with Gasteiger partial charge in [-0.2, -0.15) is 0 Å².